The van der Waals surface area contributed by atoms with Crippen molar-refractivity contribution in [2.24, 2.45) is 0 Å². The number of rotatable bonds is 19. The Hall–Kier alpha value is -0.570. The number of hydrogen-bond acceptors (Lipinski definition) is 3. The molecule has 3 nitrogen and oxygen atoms in total. The van der Waals surface area contributed by atoms with Crippen LogP contribution in [0.2, 0.25) is 0 Å². The lowest BCUT2D eigenvalue weighted by atomic mass is 9.97. The minimum atomic E-state index is -1.32. The number of ether oxygens (including phenoxy) is 1. The Morgan fingerprint density at radius 3 is 1.54 bits per heavy atom. The first-order chi connectivity index (χ1) is 12.5. The first-order valence-corrected chi connectivity index (χ1v) is 11.4. The van der Waals surface area contributed by atoms with Gasteiger partial charge in [-0.05, 0) is 26.2 Å². The molecule has 0 heterocycles. The van der Waals surface area contributed by atoms with Gasteiger partial charge in [0.2, 0.25) is 0 Å². The normalized spacial score (nSPS) is 13.5. The summed E-state index contributed by atoms with van der Waals surface area (Å²) in [6.45, 7) is 6.50. The Morgan fingerprint density at radius 1 is 0.692 bits per heavy atom. The Morgan fingerprint density at radius 2 is 1.08 bits per heavy atom. The highest BCUT2D eigenvalue weighted by Crippen LogP contribution is 2.18. The SMILES string of the molecule is CCCCCCCCCCCCC(C)(O)C(=O)OCCCCCCCC. The van der Waals surface area contributed by atoms with Gasteiger partial charge in [-0.3, -0.25) is 0 Å². The fraction of sp³-hybridized carbons (Fsp3) is 0.957. The molecule has 0 fully saturated rings. The molecule has 0 spiro atoms. The summed E-state index contributed by atoms with van der Waals surface area (Å²) in [6.07, 6.45) is 20.1. The lowest BCUT2D eigenvalue weighted by Gasteiger charge is -2.21. The maximum Gasteiger partial charge on any atom is 0.337 e. The van der Waals surface area contributed by atoms with Crippen molar-refractivity contribution in [3.05, 3.63) is 0 Å². The summed E-state index contributed by atoms with van der Waals surface area (Å²) < 4.78 is 5.27. The van der Waals surface area contributed by atoms with Crippen LogP contribution in [-0.2, 0) is 9.53 Å². The zero-order chi connectivity index (χ0) is 19.5. The quantitative estimate of drug-likeness (QED) is 0.198. The highest BCUT2D eigenvalue weighted by molar-refractivity contribution is 5.78. The Labute approximate surface area is 163 Å². The lowest BCUT2D eigenvalue weighted by molar-refractivity contribution is -0.164. The summed E-state index contributed by atoms with van der Waals surface area (Å²) in [7, 11) is 0. The van der Waals surface area contributed by atoms with E-state index in [0.29, 0.717) is 13.0 Å². The Bertz CT molecular complexity index is 313. The first kappa shape index (κ1) is 25.4. The number of carbonyl (C=O) groups excluding carboxylic acids is 1. The summed E-state index contributed by atoms with van der Waals surface area (Å²) in [5, 5.41) is 10.3. The largest absolute Gasteiger partial charge is 0.464 e. The molecule has 0 aliphatic heterocycles. The summed E-state index contributed by atoms with van der Waals surface area (Å²) in [6, 6.07) is 0. The van der Waals surface area contributed by atoms with Crippen molar-refractivity contribution >= 4 is 5.97 Å². The van der Waals surface area contributed by atoms with E-state index in [1.165, 1.54) is 77.0 Å². The average molecular weight is 371 g/mol. The molecule has 26 heavy (non-hydrogen) atoms. The molecular weight excluding hydrogens is 324 g/mol. The number of esters is 1. The number of hydrogen-bond donors (Lipinski definition) is 1. The Balaban J connectivity index is 3.53. The van der Waals surface area contributed by atoms with Crippen LogP contribution in [-0.4, -0.2) is 23.3 Å². The average Bonchev–Trinajstić information content (AvgIpc) is 2.62. The van der Waals surface area contributed by atoms with Crippen molar-refractivity contribution in [1.29, 1.82) is 0 Å². The molecule has 0 aliphatic carbocycles. The van der Waals surface area contributed by atoms with E-state index >= 15 is 0 Å². The van der Waals surface area contributed by atoms with Crippen LogP contribution in [0.15, 0.2) is 0 Å². The maximum atomic E-state index is 12.0. The second-order valence-corrected chi connectivity index (χ2v) is 8.11. The van der Waals surface area contributed by atoms with E-state index in [1.807, 2.05) is 0 Å². The van der Waals surface area contributed by atoms with Gasteiger partial charge in [-0.25, -0.2) is 4.79 Å². The van der Waals surface area contributed by atoms with Gasteiger partial charge >= 0.3 is 5.97 Å². The molecular formula is C23H46O3. The van der Waals surface area contributed by atoms with Crippen molar-refractivity contribution < 1.29 is 14.6 Å². The van der Waals surface area contributed by atoms with Gasteiger partial charge in [0.05, 0.1) is 6.61 Å². The molecule has 0 radical (unpaired) electrons. The van der Waals surface area contributed by atoms with Gasteiger partial charge in [-0.2, -0.15) is 0 Å². The predicted molar refractivity (Wildman–Crippen MR) is 111 cm³/mol. The standard InChI is InChI=1S/C23H46O3/c1-4-6-8-10-12-13-14-15-16-18-20-23(3,25)22(24)26-21-19-17-11-9-7-5-2/h25H,4-21H2,1-3H3. The van der Waals surface area contributed by atoms with Crippen molar-refractivity contribution in [2.45, 2.75) is 136 Å². The van der Waals surface area contributed by atoms with Crippen molar-refractivity contribution in [3.8, 4) is 0 Å². The molecule has 156 valence electrons. The molecule has 0 rings (SSSR count). The molecule has 0 amide bonds. The summed E-state index contributed by atoms with van der Waals surface area (Å²) in [5.41, 5.74) is -1.32. The van der Waals surface area contributed by atoms with Crippen LogP contribution in [0.25, 0.3) is 0 Å². The molecule has 0 aromatic carbocycles. The van der Waals surface area contributed by atoms with Crippen molar-refractivity contribution in [2.75, 3.05) is 6.61 Å². The van der Waals surface area contributed by atoms with E-state index < -0.39 is 11.6 Å². The Kier molecular flexibility index (Phi) is 17.4. The van der Waals surface area contributed by atoms with E-state index in [4.69, 9.17) is 4.74 Å². The summed E-state index contributed by atoms with van der Waals surface area (Å²) >= 11 is 0. The van der Waals surface area contributed by atoms with Crippen molar-refractivity contribution in [3.63, 3.8) is 0 Å². The molecule has 1 atom stereocenters. The van der Waals surface area contributed by atoms with E-state index in [0.717, 1.165) is 25.7 Å². The molecule has 1 N–H and O–H groups in total. The van der Waals surface area contributed by atoms with Crippen LogP contribution in [0.4, 0.5) is 0 Å². The van der Waals surface area contributed by atoms with Gasteiger partial charge < -0.3 is 9.84 Å². The second-order valence-electron chi connectivity index (χ2n) is 8.11. The predicted octanol–water partition coefficient (Wildman–Crippen LogP) is 6.95. The van der Waals surface area contributed by atoms with E-state index in [-0.39, 0.29) is 0 Å². The zero-order valence-corrected chi connectivity index (χ0v) is 18.0. The molecule has 0 aliphatic rings. The summed E-state index contributed by atoms with van der Waals surface area (Å²) in [5.74, 6) is -0.443. The lowest BCUT2D eigenvalue weighted by Crippen LogP contribution is -2.37. The molecule has 1 unspecified atom stereocenters. The molecule has 0 aromatic rings. The van der Waals surface area contributed by atoms with Crippen LogP contribution in [0.3, 0.4) is 0 Å². The van der Waals surface area contributed by atoms with E-state index in [9.17, 15) is 9.90 Å². The topological polar surface area (TPSA) is 46.5 Å². The van der Waals surface area contributed by atoms with Gasteiger partial charge in [0.15, 0.2) is 5.60 Å². The third-order valence-electron chi connectivity index (χ3n) is 5.19. The highest BCUT2D eigenvalue weighted by atomic mass is 16.5. The van der Waals surface area contributed by atoms with Crippen LogP contribution in [0.1, 0.15) is 130 Å². The minimum Gasteiger partial charge on any atom is -0.464 e. The molecule has 0 saturated carbocycles. The summed E-state index contributed by atoms with van der Waals surface area (Å²) in [4.78, 5) is 12.0. The first-order valence-electron chi connectivity index (χ1n) is 11.4. The highest BCUT2D eigenvalue weighted by Gasteiger charge is 2.31. The molecule has 0 aromatic heterocycles. The molecule has 0 saturated heterocycles. The van der Waals surface area contributed by atoms with E-state index in [1.54, 1.807) is 6.92 Å². The van der Waals surface area contributed by atoms with Gasteiger partial charge in [-0.15, -0.1) is 0 Å². The van der Waals surface area contributed by atoms with Gasteiger partial charge in [0.25, 0.3) is 0 Å². The van der Waals surface area contributed by atoms with Crippen molar-refractivity contribution in [1.82, 2.24) is 0 Å². The number of carbonyl (C=O) groups is 1. The van der Waals surface area contributed by atoms with Crippen LogP contribution in [0, 0.1) is 0 Å². The third-order valence-corrected chi connectivity index (χ3v) is 5.19. The zero-order valence-electron chi connectivity index (χ0n) is 18.0. The number of aliphatic hydroxyl groups is 1. The van der Waals surface area contributed by atoms with Crippen LogP contribution >= 0.6 is 0 Å². The molecule has 0 bridgehead atoms. The van der Waals surface area contributed by atoms with E-state index in [2.05, 4.69) is 13.8 Å². The van der Waals surface area contributed by atoms with Gasteiger partial charge in [0, 0.05) is 0 Å². The fourth-order valence-corrected chi connectivity index (χ4v) is 3.26. The third kappa shape index (κ3) is 15.7. The minimum absolute atomic E-state index is 0.443. The smallest absolute Gasteiger partial charge is 0.337 e. The van der Waals surface area contributed by atoms with Crippen LogP contribution < -0.4 is 0 Å². The van der Waals surface area contributed by atoms with Gasteiger partial charge in [0.1, 0.15) is 0 Å². The number of unbranched alkanes of at least 4 members (excludes halogenated alkanes) is 14. The van der Waals surface area contributed by atoms with Gasteiger partial charge in [-0.1, -0.05) is 104 Å². The monoisotopic (exact) mass is 370 g/mol. The fourth-order valence-electron chi connectivity index (χ4n) is 3.26. The second kappa shape index (κ2) is 17.8. The van der Waals surface area contributed by atoms with Crippen LogP contribution in [0.5, 0.6) is 0 Å². The molecule has 3 heteroatoms. The maximum absolute atomic E-state index is 12.0.